The largest absolute Gasteiger partial charge is 0.375 e. The molecule has 188 valence electrons. The lowest BCUT2D eigenvalue weighted by Crippen LogP contribution is -2.33. The molecule has 0 bridgehead atoms. The fourth-order valence-electron chi connectivity index (χ4n) is 3.99. The monoisotopic (exact) mass is 449 g/mol. The van der Waals surface area contributed by atoms with Crippen molar-refractivity contribution in [2.45, 2.75) is 79.8 Å². The molecule has 5 heteroatoms. The lowest BCUT2D eigenvalue weighted by atomic mass is 10.1. The number of hydrogen-bond donors (Lipinski definition) is 2. The van der Waals surface area contributed by atoms with E-state index in [-0.39, 0.29) is 6.17 Å². The van der Waals surface area contributed by atoms with E-state index in [9.17, 15) is 0 Å². The molecule has 1 atom stereocenters. The summed E-state index contributed by atoms with van der Waals surface area (Å²) in [6.45, 7) is 22.1. The van der Waals surface area contributed by atoms with Crippen LogP contribution in [0.2, 0.25) is 0 Å². The summed E-state index contributed by atoms with van der Waals surface area (Å²) in [6.07, 6.45) is 5.92. The molecule has 0 amide bonds. The molecule has 0 aliphatic carbocycles. The van der Waals surface area contributed by atoms with Gasteiger partial charge in [-0.1, -0.05) is 53.7 Å². The van der Waals surface area contributed by atoms with Crippen LogP contribution in [0.25, 0.3) is 0 Å². The predicted octanol–water partition coefficient (Wildman–Crippen LogP) is 5.33. The molecule has 1 aromatic rings. The summed E-state index contributed by atoms with van der Waals surface area (Å²) in [7, 11) is 2.18. The van der Waals surface area contributed by atoms with E-state index in [0.29, 0.717) is 0 Å². The van der Waals surface area contributed by atoms with Gasteiger partial charge in [0.1, 0.15) is 0 Å². The van der Waals surface area contributed by atoms with Crippen LogP contribution < -0.4 is 16.0 Å². The number of benzene rings is 1. The van der Waals surface area contributed by atoms with Gasteiger partial charge in [-0.15, -0.1) is 0 Å². The quantitative estimate of drug-likeness (QED) is 0.234. The van der Waals surface area contributed by atoms with Crippen LogP contribution in [0.5, 0.6) is 0 Å². The summed E-state index contributed by atoms with van der Waals surface area (Å²) < 4.78 is 0. The average molecular weight is 450 g/mol. The predicted molar refractivity (Wildman–Crippen MR) is 145 cm³/mol. The second-order valence-corrected chi connectivity index (χ2v) is 8.43. The standard InChI is InChI=1S/C25H49N5.C2H6/c1-6-17-29(9-4)22-11-20-28(5)24-14-12-23(13-15-24)25(26)27-16-10-21-30(18-7-2)19-8-3;1-2/h12-15,25,27H,6-11,16-22,26H2,1-5H3;1-2H3. The second-order valence-electron chi connectivity index (χ2n) is 8.43. The van der Waals surface area contributed by atoms with E-state index in [1.807, 2.05) is 13.8 Å². The molecule has 0 fully saturated rings. The van der Waals surface area contributed by atoms with Crippen molar-refractivity contribution >= 4 is 5.69 Å². The zero-order valence-corrected chi connectivity index (χ0v) is 22.5. The van der Waals surface area contributed by atoms with Gasteiger partial charge in [0.2, 0.25) is 0 Å². The summed E-state index contributed by atoms with van der Waals surface area (Å²) in [5, 5.41) is 3.48. The Balaban J connectivity index is 0.00000466. The maximum absolute atomic E-state index is 6.37. The van der Waals surface area contributed by atoms with Crippen LogP contribution >= 0.6 is 0 Å². The molecule has 3 N–H and O–H groups in total. The SMILES string of the molecule is CC.CCCN(CC)CCCN(C)c1ccc(C(N)NCCCN(CCC)CCC)cc1. The van der Waals surface area contributed by atoms with Crippen molar-refractivity contribution in [1.29, 1.82) is 0 Å². The highest BCUT2D eigenvalue weighted by atomic mass is 15.1. The minimum absolute atomic E-state index is 0.0951. The summed E-state index contributed by atoms with van der Waals surface area (Å²) in [5.41, 5.74) is 8.79. The van der Waals surface area contributed by atoms with Crippen LogP contribution in [-0.4, -0.2) is 69.2 Å². The highest BCUT2D eigenvalue weighted by Gasteiger charge is 2.08. The van der Waals surface area contributed by atoms with Crippen LogP contribution in [0.1, 0.15) is 85.4 Å². The van der Waals surface area contributed by atoms with Crippen molar-refractivity contribution in [2.75, 3.05) is 64.3 Å². The van der Waals surface area contributed by atoms with E-state index in [0.717, 1.165) is 38.2 Å². The molecule has 1 rings (SSSR count). The molecule has 0 radical (unpaired) electrons. The van der Waals surface area contributed by atoms with Gasteiger partial charge in [-0.25, -0.2) is 0 Å². The molecule has 0 aliphatic rings. The third-order valence-corrected chi connectivity index (χ3v) is 5.74. The van der Waals surface area contributed by atoms with Crippen molar-refractivity contribution in [3.63, 3.8) is 0 Å². The van der Waals surface area contributed by atoms with E-state index in [2.05, 4.69) is 79.0 Å². The molecular weight excluding hydrogens is 394 g/mol. The van der Waals surface area contributed by atoms with Crippen LogP contribution in [0.15, 0.2) is 24.3 Å². The Labute approximate surface area is 200 Å². The molecule has 0 saturated heterocycles. The molecule has 5 nitrogen and oxygen atoms in total. The lowest BCUT2D eigenvalue weighted by Gasteiger charge is -2.24. The second kappa shape index (κ2) is 20.5. The molecule has 1 aromatic carbocycles. The van der Waals surface area contributed by atoms with Crippen molar-refractivity contribution in [1.82, 2.24) is 15.1 Å². The Bertz CT molecular complexity index is 513. The van der Waals surface area contributed by atoms with E-state index >= 15 is 0 Å². The molecule has 0 spiro atoms. The number of hydrogen-bond acceptors (Lipinski definition) is 5. The summed E-state index contributed by atoms with van der Waals surface area (Å²) in [5.74, 6) is 0. The molecule has 32 heavy (non-hydrogen) atoms. The maximum Gasteiger partial charge on any atom is 0.0810 e. The number of nitrogens with zero attached hydrogens (tertiary/aromatic N) is 3. The van der Waals surface area contributed by atoms with Gasteiger partial charge in [0.15, 0.2) is 0 Å². The summed E-state index contributed by atoms with van der Waals surface area (Å²) in [4.78, 5) is 7.43. The Hall–Kier alpha value is -1.14. The topological polar surface area (TPSA) is 47.8 Å². The van der Waals surface area contributed by atoms with Gasteiger partial charge >= 0.3 is 0 Å². The first-order chi connectivity index (χ1) is 15.5. The Morgan fingerprint density at radius 2 is 1.28 bits per heavy atom. The van der Waals surface area contributed by atoms with Crippen LogP contribution in [-0.2, 0) is 0 Å². The molecule has 0 aliphatic heterocycles. The molecule has 1 unspecified atom stereocenters. The van der Waals surface area contributed by atoms with Crippen molar-refractivity contribution in [3.05, 3.63) is 29.8 Å². The maximum atomic E-state index is 6.37. The van der Waals surface area contributed by atoms with Gasteiger partial charge in [-0.2, -0.15) is 0 Å². The first-order valence-corrected chi connectivity index (χ1v) is 13.3. The van der Waals surface area contributed by atoms with Crippen molar-refractivity contribution in [2.24, 2.45) is 5.73 Å². The third kappa shape index (κ3) is 13.4. The summed E-state index contributed by atoms with van der Waals surface area (Å²) in [6, 6.07) is 8.73. The van der Waals surface area contributed by atoms with Gasteiger partial charge in [0.05, 0.1) is 6.17 Å². The Morgan fingerprint density at radius 3 is 1.81 bits per heavy atom. The third-order valence-electron chi connectivity index (χ3n) is 5.74. The van der Waals surface area contributed by atoms with Gasteiger partial charge in [-0.05, 0) is 95.6 Å². The van der Waals surface area contributed by atoms with Gasteiger partial charge in [0, 0.05) is 19.3 Å². The minimum Gasteiger partial charge on any atom is -0.375 e. The van der Waals surface area contributed by atoms with E-state index in [1.165, 1.54) is 57.5 Å². The number of nitrogens with two attached hydrogens (primary N) is 1. The van der Waals surface area contributed by atoms with Crippen LogP contribution in [0, 0.1) is 0 Å². The smallest absolute Gasteiger partial charge is 0.0810 e. The van der Waals surface area contributed by atoms with E-state index < -0.39 is 0 Å². The highest BCUT2D eigenvalue weighted by Crippen LogP contribution is 2.17. The first-order valence-electron chi connectivity index (χ1n) is 13.3. The molecular formula is C27H55N5. The summed E-state index contributed by atoms with van der Waals surface area (Å²) >= 11 is 0. The van der Waals surface area contributed by atoms with E-state index in [1.54, 1.807) is 0 Å². The average Bonchev–Trinajstić information content (AvgIpc) is 2.82. The minimum atomic E-state index is -0.0951. The van der Waals surface area contributed by atoms with Gasteiger partial charge in [-0.3, -0.25) is 5.32 Å². The normalized spacial score (nSPS) is 12.1. The number of rotatable bonds is 18. The van der Waals surface area contributed by atoms with Crippen molar-refractivity contribution in [3.8, 4) is 0 Å². The van der Waals surface area contributed by atoms with Crippen LogP contribution in [0.4, 0.5) is 5.69 Å². The van der Waals surface area contributed by atoms with E-state index in [4.69, 9.17) is 5.73 Å². The molecule has 0 saturated carbocycles. The Kier molecular flexibility index (Phi) is 19.7. The van der Waals surface area contributed by atoms with Crippen molar-refractivity contribution < 1.29 is 0 Å². The zero-order valence-electron chi connectivity index (χ0n) is 22.5. The number of nitrogens with one attached hydrogen (secondary N) is 1. The van der Waals surface area contributed by atoms with Gasteiger partial charge < -0.3 is 20.4 Å². The highest BCUT2D eigenvalue weighted by molar-refractivity contribution is 5.47. The zero-order chi connectivity index (χ0) is 24.2. The lowest BCUT2D eigenvalue weighted by molar-refractivity contribution is 0.268. The number of anilines is 1. The molecule has 0 heterocycles. The molecule has 0 aromatic heterocycles. The van der Waals surface area contributed by atoms with Crippen LogP contribution in [0.3, 0.4) is 0 Å². The first kappa shape index (κ1) is 30.9. The fourth-order valence-corrected chi connectivity index (χ4v) is 3.99. The Morgan fingerprint density at radius 1 is 0.750 bits per heavy atom. The van der Waals surface area contributed by atoms with Gasteiger partial charge in [0.25, 0.3) is 0 Å². The fraction of sp³-hybridized carbons (Fsp3) is 0.778.